The molecule has 0 nitrogen and oxygen atoms in total. The van der Waals surface area contributed by atoms with Crippen LogP contribution in [0.15, 0.2) is 42.5 Å². The quantitative estimate of drug-likeness (QED) is 0.152. The molecule has 0 atom stereocenters. The van der Waals surface area contributed by atoms with Crippen LogP contribution in [0.25, 0.3) is 22.3 Å². The Morgan fingerprint density at radius 2 is 0.763 bits per heavy atom. The van der Waals surface area contributed by atoms with E-state index in [4.69, 9.17) is 0 Å². The maximum absolute atomic E-state index is 2.78. The van der Waals surface area contributed by atoms with Crippen LogP contribution in [0.5, 0.6) is 0 Å². The summed E-state index contributed by atoms with van der Waals surface area (Å²) in [6, 6.07) is 17.3. The molecule has 2 radical (unpaired) electrons. The third kappa shape index (κ3) is 6.56. The van der Waals surface area contributed by atoms with Gasteiger partial charge in [-0.15, -0.1) is 0 Å². The Morgan fingerprint density at radius 3 is 0.974 bits per heavy atom. The fourth-order valence-corrected chi connectivity index (χ4v) is 11.3. The predicted molar refractivity (Wildman–Crippen MR) is 181 cm³/mol. The third-order valence-electron chi connectivity index (χ3n) is 7.96. The molecule has 2 heteroatoms. The second-order valence-corrected chi connectivity index (χ2v) is 18.5. The Morgan fingerprint density at radius 1 is 0.474 bits per heavy atom. The molecule has 0 heterocycles. The average Bonchev–Trinajstić information content (AvgIpc) is 2.86. The molecule has 0 N–H and O–H groups in total. The van der Waals surface area contributed by atoms with Crippen molar-refractivity contribution in [3.8, 4) is 22.3 Å². The predicted octanol–water partition coefficient (Wildman–Crippen LogP) is 11.4. The van der Waals surface area contributed by atoms with Gasteiger partial charge in [0, 0.05) is 0 Å². The van der Waals surface area contributed by atoms with Gasteiger partial charge in [-0.25, -0.2) is 0 Å². The fourth-order valence-electron chi connectivity index (χ4n) is 5.60. The van der Waals surface area contributed by atoms with Crippen molar-refractivity contribution in [3.63, 3.8) is 0 Å². The van der Waals surface area contributed by atoms with Crippen molar-refractivity contribution >= 4 is 39.4 Å². The third-order valence-corrected chi connectivity index (χ3v) is 13.7. The molecule has 0 aliphatic heterocycles. The van der Waals surface area contributed by atoms with Crippen LogP contribution in [0, 0.1) is 0 Å². The van der Waals surface area contributed by atoms with Crippen LogP contribution < -0.4 is 3.58 Å². The summed E-state index contributed by atoms with van der Waals surface area (Å²) in [7, 11) is 0. The normalized spacial score (nSPS) is 12.3. The van der Waals surface area contributed by atoms with E-state index < -0.39 is 17.2 Å². The molecule has 0 saturated heterocycles. The molecule has 38 heavy (non-hydrogen) atoms. The van der Waals surface area contributed by atoms with Crippen LogP contribution in [0.2, 0.25) is 0 Å². The molecule has 3 aromatic carbocycles. The topological polar surface area (TPSA) is 0 Å². The number of hydrogen-bond acceptors (Lipinski definition) is 0. The number of benzene rings is 3. The summed E-state index contributed by atoms with van der Waals surface area (Å²) in [5.41, 5.74) is 15.1. The molecule has 0 spiro atoms. The van der Waals surface area contributed by atoms with Gasteiger partial charge in [0.1, 0.15) is 0 Å². The first kappa shape index (κ1) is 31.7. The Bertz CT molecular complexity index is 1110. The molecule has 0 aliphatic carbocycles. The number of hydrogen-bond donors (Lipinski definition) is 0. The van der Waals surface area contributed by atoms with Gasteiger partial charge in [0.15, 0.2) is 0 Å². The molecule has 204 valence electrons. The van der Waals surface area contributed by atoms with Gasteiger partial charge in [-0.1, -0.05) is 0 Å². The molecule has 0 amide bonds. The Kier molecular flexibility index (Phi) is 11.0. The Labute approximate surface area is 254 Å². The van der Waals surface area contributed by atoms with Gasteiger partial charge < -0.3 is 0 Å². The SMILES string of the molecule is CC(C)c1cc(C(C)C)c(-c2cccc(-c3c(C(C)C)cc(C(C)C)cc3C(C)C)[c]2[Sn][I])c(C(C)C)c1. The second-order valence-electron chi connectivity index (χ2n) is 12.9. The van der Waals surface area contributed by atoms with Crippen LogP contribution in [0.1, 0.15) is 152 Å². The van der Waals surface area contributed by atoms with Crippen molar-refractivity contribution in [2.45, 2.75) is 119 Å². The summed E-state index contributed by atoms with van der Waals surface area (Å²) in [5.74, 6) is 3.01. The van der Waals surface area contributed by atoms with Crippen molar-refractivity contribution in [1.82, 2.24) is 0 Å². The Hall–Kier alpha value is -0.811. The number of rotatable bonds is 9. The van der Waals surface area contributed by atoms with E-state index in [2.05, 4.69) is 144 Å². The van der Waals surface area contributed by atoms with Crippen LogP contribution in [-0.4, -0.2) is 17.2 Å². The van der Waals surface area contributed by atoms with Gasteiger partial charge in [0.05, 0.1) is 0 Å². The van der Waals surface area contributed by atoms with Crippen LogP contribution >= 0.6 is 18.6 Å². The van der Waals surface area contributed by atoms with Crippen molar-refractivity contribution < 1.29 is 0 Å². The van der Waals surface area contributed by atoms with E-state index in [-0.39, 0.29) is 0 Å². The zero-order chi connectivity index (χ0) is 28.5. The molecule has 3 aromatic rings. The molecule has 0 fully saturated rings. The van der Waals surface area contributed by atoms with Crippen molar-refractivity contribution in [2.75, 3.05) is 0 Å². The first-order valence-electron chi connectivity index (χ1n) is 14.7. The van der Waals surface area contributed by atoms with E-state index >= 15 is 0 Å². The Balaban J connectivity index is 2.49. The summed E-state index contributed by atoms with van der Waals surface area (Å²) in [6.07, 6.45) is 0. The molecule has 0 aliphatic rings. The number of halogens is 1. The van der Waals surface area contributed by atoms with Gasteiger partial charge in [0.2, 0.25) is 0 Å². The second kappa shape index (κ2) is 13.2. The van der Waals surface area contributed by atoms with Gasteiger partial charge in [-0.05, 0) is 0 Å². The van der Waals surface area contributed by atoms with Gasteiger partial charge >= 0.3 is 256 Å². The van der Waals surface area contributed by atoms with E-state index in [9.17, 15) is 0 Å². The van der Waals surface area contributed by atoms with E-state index in [0.717, 1.165) is 0 Å². The first-order valence-corrected chi connectivity index (χ1v) is 24.4. The van der Waals surface area contributed by atoms with Gasteiger partial charge in [-0.2, -0.15) is 0 Å². The van der Waals surface area contributed by atoms with Crippen LogP contribution in [0.4, 0.5) is 0 Å². The van der Waals surface area contributed by atoms with Gasteiger partial charge in [0.25, 0.3) is 0 Å². The van der Waals surface area contributed by atoms with Crippen molar-refractivity contribution in [2.24, 2.45) is 0 Å². The first-order chi connectivity index (χ1) is 17.8. The van der Waals surface area contributed by atoms with Crippen LogP contribution in [0.3, 0.4) is 0 Å². The zero-order valence-electron chi connectivity index (χ0n) is 25.9. The van der Waals surface area contributed by atoms with E-state index in [1.165, 1.54) is 55.6 Å². The molecule has 3 rings (SSSR count). The van der Waals surface area contributed by atoms with Crippen LogP contribution in [-0.2, 0) is 0 Å². The molecule has 0 saturated carbocycles. The summed E-state index contributed by atoms with van der Waals surface area (Å²) in [6.45, 7) is 28.3. The zero-order valence-corrected chi connectivity index (χ0v) is 30.9. The minimum absolute atomic E-state index is 0.486. The standard InChI is InChI=1S/C36H49.HI.Sn/c1-21(2)29-17-31(23(5)6)35(32(18-29)24(7)8)27-14-13-15-28(16-27)36-33(25(9)10)19-30(22(3)4)20-34(36)26(11)12;;/h13-15,17-26H,1-12H3;1H;/q;;+1/p-1. The van der Waals surface area contributed by atoms with Crippen molar-refractivity contribution in [1.29, 1.82) is 0 Å². The fraction of sp³-hybridized carbons (Fsp3) is 0.500. The van der Waals surface area contributed by atoms with Gasteiger partial charge in [-0.3, -0.25) is 0 Å². The molecule has 0 bridgehead atoms. The minimum atomic E-state index is -0.830. The molecular formula is C36H49ISn. The van der Waals surface area contributed by atoms with E-state index in [1.807, 2.05) is 0 Å². The monoisotopic (exact) mass is 728 g/mol. The molecule has 0 unspecified atom stereocenters. The molecular weight excluding hydrogens is 678 g/mol. The molecule has 0 aromatic heterocycles. The summed E-state index contributed by atoms with van der Waals surface area (Å²) in [5, 5.41) is 0. The van der Waals surface area contributed by atoms with E-state index in [1.54, 1.807) is 3.58 Å². The summed E-state index contributed by atoms with van der Waals surface area (Å²) in [4.78, 5) is 0. The van der Waals surface area contributed by atoms with E-state index in [0.29, 0.717) is 35.5 Å². The summed E-state index contributed by atoms with van der Waals surface area (Å²) >= 11 is 1.95. The summed E-state index contributed by atoms with van der Waals surface area (Å²) < 4.78 is 1.65. The van der Waals surface area contributed by atoms with Crippen molar-refractivity contribution in [3.05, 3.63) is 75.8 Å². The average molecular weight is 727 g/mol. The maximum atomic E-state index is 2.78.